The van der Waals surface area contributed by atoms with Gasteiger partial charge in [-0.05, 0) is 17.4 Å². The van der Waals surface area contributed by atoms with Gasteiger partial charge >= 0.3 is 0 Å². The molecule has 5 heteroatoms. The number of benzene rings is 1. The van der Waals surface area contributed by atoms with E-state index >= 15 is 0 Å². The maximum Gasteiger partial charge on any atom is 0.271 e. The van der Waals surface area contributed by atoms with Gasteiger partial charge in [0, 0.05) is 6.21 Å². The summed E-state index contributed by atoms with van der Waals surface area (Å²) < 4.78 is 0. The fourth-order valence-electron chi connectivity index (χ4n) is 1.00. The molecule has 0 N–H and O–H groups in total. The first kappa shape index (κ1) is 8.55. The van der Waals surface area contributed by atoms with Crippen molar-refractivity contribution in [3.8, 4) is 0 Å². The van der Waals surface area contributed by atoms with E-state index in [4.69, 9.17) is 0 Å². The fourth-order valence-corrected chi connectivity index (χ4v) is 1.00. The van der Waals surface area contributed by atoms with Gasteiger partial charge in [0.25, 0.3) is 5.91 Å². The highest BCUT2D eigenvalue weighted by Gasteiger charge is 2.15. The van der Waals surface area contributed by atoms with Crippen LogP contribution in [0.25, 0.3) is 0 Å². The lowest BCUT2D eigenvalue weighted by atomic mass is 10.3. The first-order valence-electron chi connectivity index (χ1n) is 4.18. The normalized spacial score (nSPS) is 15.7. The SMILES string of the molecule is O=C1CC=NN1N=Nc1ccccc1. The Morgan fingerprint density at radius 1 is 1.29 bits per heavy atom. The molecular formula is C9H8N4O. The van der Waals surface area contributed by atoms with E-state index in [1.54, 1.807) is 12.1 Å². The molecular weight excluding hydrogens is 180 g/mol. The van der Waals surface area contributed by atoms with Crippen LogP contribution in [0.2, 0.25) is 0 Å². The average Bonchev–Trinajstić information content (AvgIpc) is 2.63. The minimum absolute atomic E-state index is 0.162. The van der Waals surface area contributed by atoms with Crippen LogP contribution in [0.1, 0.15) is 6.42 Å². The Hall–Kier alpha value is -2.04. The molecule has 5 nitrogen and oxygen atoms in total. The van der Waals surface area contributed by atoms with E-state index in [0.29, 0.717) is 12.1 Å². The van der Waals surface area contributed by atoms with E-state index in [1.165, 1.54) is 6.21 Å². The second-order valence-corrected chi connectivity index (χ2v) is 2.71. The van der Waals surface area contributed by atoms with E-state index < -0.39 is 0 Å². The molecule has 0 atom stereocenters. The van der Waals surface area contributed by atoms with E-state index in [-0.39, 0.29) is 5.91 Å². The van der Waals surface area contributed by atoms with Crippen LogP contribution >= 0.6 is 0 Å². The number of carbonyl (C=O) groups excluding carboxylic acids is 1. The summed E-state index contributed by atoms with van der Waals surface area (Å²) in [6.45, 7) is 0. The van der Waals surface area contributed by atoms with Crippen molar-refractivity contribution in [1.29, 1.82) is 0 Å². The predicted octanol–water partition coefficient (Wildman–Crippen LogP) is 1.90. The largest absolute Gasteiger partial charge is 0.271 e. The predicted molar refractivity (Wildman–Crippen MR) is 50.9 cm³/mol. The molecule has 0 spiro atoms. The number of hydrogen-bond acceptors (Lipinski definition) is 4. The Balaban J connectivity index is 2.07. The van der Waals surface area contributed by atoms with Gasteiger partial charge in [0.15, 0.2) is 0 Å². The van der Waals surface area contributed by atoms with Crippen LogP contribution in [0.5, 0.6) is 0 Å². The van der Waals surface area contributed by atoms with Gasteiger partial charge in [0.05, 0.1) is 12.1 Å². The van der Waals surface area contributed by atoms with Crippen LogP contribution in [0, 0.1) is 0 Å². The van der Waals surface area contributed by atoms with Gasteiger partial charge in [-0.2, -0.15) is 5.10 Å². The summed E-state index contributed by atoms with van der Waals surface area (Å²) >= 11 is 0. The number of rotatable bonds is 2. The topological polar surface area (TPSA) is 57.4 Å². The molecule has 0 radical (unpaired) electrons. The Labute approximate surface area is 80.7 Å². The minimum atomic E-state index is -0.162. The van der Waals surface area contributed by atoms with E-state index in [0.717, 1.165) is 5.12 Å². The summed E-state index contributed by atoms with van der Waals surface area (Å²) in [5, 5.41) is 12.3. The summed E-state index contributed by atoms with van der Waals surface area (Å²) in [6, 6.07) is 9.19. The standard InChI is InChI=1S/C9H8N4O/c14-9-6-7-10-13(9)12-11-8-4-2-1-3-5-8/h1-5,7H,6H2. The lowest BCUT2D eigenvalue weighted by Gasteiger charge is -2.00. The molecule has 0 saturated carbocycles. The van der Waals surface area contributed by atoms with Crippen molar-refractivity contribution >= 4 is 17.8 Å². The van der Waals surface area contributed by atoms with Gasteiger partial charge in [-0.15, -0.1) is 5.11 Å². The summed E-state index contributed by atoms with van der Waals surface area (Å²) in [5.74, 6) is -0.162. The molecule has 70 valence electrons. The molecule has 0 unspecified atom stereocenters. The minimum Gasteiger partial charge on any atom is -0.270 e. The van der Waals surface area contributed by atoms with Crippen molar-refractivity contribution in [1.82, 2.24) is 5.12 Å². The molecule has 1 aromatic rings. The highest BCUT2D eigenvalue weighted by Crippen LogP contribution is 2.12. The van der Waals surface area contributed by atoms with Gasteiger partial charge in [-0.3, -0.25) is 4.79 Å². The molecule has 1 aliphatic rings. The van der Waals surface area contributed by atoms with Crippen molar-refractivity contribution < 1.29 is 4.79 Å². The first-order chi connectivity index (χ1) is 6.86. The zero-order chi connectivity index (χ0) is 9.80. The fraction of sp³-hybridized carbons (Fsp3) is 0.111. The summed E-state index contributed by atoms with van der Waals surface area (Å²) in [4.78, 5) is 11.0. The van der Waals surface area contributed by atoms with Crippen molar-refractivity contribution in [3.63, 3.8) is 0 Å². The molecule has 1 amide bonds. The van der Waals surface area contributed by atoms with Gasteiger partial charge in [-0.25, -0.2) is 0 Å². The van der Waals surface area contributed by atoms with E-state index in [2.05, 4.69) is 15.4 Å². The highest BCUT2D eigenvalue weighted by molar-refractivity contribution is 5.93. The van der Waals surface area contributed by atoms with Crippen molar-refractivity contribution in [3.05, 3.63) is 30.3 Å². The van der Waals surface area contributed by atoms with Crippen molar-refractivity contribution in [2.75, 3.05) is 0 Å². The Morgan fingerprint density at radius 2 is 2.07 bits per heavy atom. The lowest BCUT2D eigenvalue weighted by molar-refractivity contribution is -0.129. The number of carbonyl (C=O) groups is 1. The van der Waals surface area contributed by atoms with E-state index in [9.17, 15) is 4.79 Å². The molecule has 0 fully saturated rings. The third-order valence-corrected chi connectivity index (χ3v) is 1.68. The van der Waals surface area contributed by atoms with Crippen molar-refractivity contribution in [2.24, 2.45) is 15.4 Å². The summed E-state index contributed by atoms with van der Waals surface area (Å²) in [5.41, 5.74) is 0.697. The molecule has 2 rings (SSSR count). The Bertz CT molecular complexity index is 385. The number of amides is 1. The van der Waals surface area contributed by atoms with Crippen LogP contribution < -0.4 is 0 Å². The smallest absolute Gasteiger partial charge is 0.270 e. The number of nitrogens with zero attached hydrogens (tertiary/aromatic N) is 4. The molecule has 0 saturated heterocycles. The van der Waals surface area contributed by atoms with Crippen LogP contribution in [-0.2, 0) is 4.79 Å². The third kappa shape index (κ3) is 1.82. The zero-order valence-corrected chi connectivity index (χ0v) is 7.37. The zero-order valence-electron chi connectivity index (χ0n) is 7.37. The van der Waals surface area contributed by atoms with Gasteiger partial charge in [-0.1, -0.05) is 23.3 Å². The maximum absolute atomic E-state index is 11.0. The second kappa shape index (κ2) is 3.78. The second-order valence-electron chi connectivity index (χ2n) is 2.71. The first-order valence-corrected chi connectivity index (χ1v) is 4.18. The summed E-state index contributed by atoms with van der Waals surface area (Å²) in [6.07, 6.45) is 1.81. The molecule has 1 aromatic carbocycles. The molecule has 0 bridgehead atoms. The van der Waals surface area contributed by atoms with Crippen LogP contribution in [0.4, 0.5) is 5.69 Å². The third-order valence-electron chi connectivity index (χ3n) is 1.68. The molecule has 14 heavy (non-hydrogen) atoms. The molecule has 1 heterocycles. The van der Waals surface area contributed by atoms with Crippen LogP contribution in [0.15, 0.2) is 45.8 Å². The van der Waals surface area contributed by atoms with Crippen LogP contribution in [-0.4, -0.2) is 17.2 Å². The van der Waals surface area contributed by atoms with Gasteiger partial charge in [0.2, 0.25) is 0 Å². The van der Waals surface area contributed by atoms with E-state index in [1.807, 2.05) is 18.2 Å². The molecule has 1 aliphatic heterocycles. The number of hydrogen-bond donors (Lipinski definition) is 0. The maximum atomic E-state index is 11.0. The highest BCUT2D eigenvalue weighted by atomic mass is 16.2. The Morgan fingerprint density at radius 3 is 2.71 bits per heavy atom. The molecule has 0 aromatic heterocycles. The lowest BCUT2D eigenvalue weighted by Crippen LogP contribution is -2.12. The monoisotopic (exact) mass is 188 g/mol. The molecule has 0 aliphatic carbocycles. The number of hydrazone groups is 1. The van der Waals surface area contributed by atoms with Crippen molar-refractivity contribution in [2.45, 2.75) is 6.42 Å². The quantitative estimate of drug-likeness (QED) is 0.654. The van der Waals surface area contributed by atoms with Gasteiger partial charge < -0.3 is 0 Å². The van der Waals surface area contributed by atoms with Crippen LogP contribution in [0.3, 0.4) is 0 Å². The summed E-state index contributed by atoms with van der Waals surface area (Å²) in [7, 11) is 0. The average molecular weight is 188 g/mol. The van der Waals surface area contributed by atoms with Gasteiger partial charge in [0.1, 0.15) is 0 Å². The Kier molecular flexibility index (Phi) is 2.31.